The average molecular weight is 239 g/mol. The Hall–Kier alpha value is -1.76. The van der Waals surface area contributed by atoms with Gasteiger partial charge < -0.3 is 5.73 Å². The summed E-state index contributed by atoms with van der Waals surface area (Å²) in [5.74, 6) is 0. The molecule has 0 aromatic heterocycles. The second-order valence-corrected chi connectivity index (χ2v) is 5.30. The molecule has 2 aromatic rings. The molecule has 0 aliphatic carbocycles. The van der Waals surface area contributed by atoms with E-state index >= 15 is 0 Å². The van der Waals surface area contributed by atoms with Crippen molar-refractivity contribution >= 4 is 5.69 Å². The summed E-state index contributed by atoms with van der Waals surface area (Å²) in [5.41, 5.74) is 15.9. The van der Waals surface area contributed by atoms with E-state index in [1.807, 2.05) is 0 Å². The lowest BCUT2D eigenvalue weighted by molar-refractivity contribution is 1.29. The SMILES string of the molecule is Cc1cc(C)c(-c2c(C)cc(N)cc2C)c(C)c1. The molecule has 0 saturated carbocycles. The second-order valence-electron chi connectivity index (χ2n) is 5.30. The fourth-order valence-electron chi connectivity index (χ4n) is 2.97. The second kappa shape index (κ2) is 4.49. The number of benzene rings is 2. The van der Waals surface area contributed by atoms with E-state index in [4.69, 9.17) is 5.73 Å². The van der Waals surface area contributed by atoms with Crippen molar-refractivity contribution in [2.24, 2.45) is 0 Å². The molecule has 94 valence electrons. The van der Waals surface area contributed by atoms with Crippen LogP contribution in [0.4, 0.5) is 5.69 Å². The molecule has 0 atom stereocenters. The zero-order valence-corrected chi connectivity index (χ0v) is 11.9. The Morgan fingerprint density at radius 3 is 1.33 bits per heavy atom. The summed E-state index contributed by atoms with van der Waals surface area (Å²) in [4.78, 5) is 0. The summed E-state index contributed by atoms with van der Waals surface area (Å²) in [5, 5.41) is 0. The Kier molecular flexibility index (Phi) is 3.16. The molecule has 2 N–H and O–H groups in total. The Labute approximate surface area is 110 Å². The molecule has 0 aliphatic rings. The molecule has 1 heteroatoms. The summed E-state index contributed by atoms with van der Waals surface area (Å²) in [6, 6.07) is 8.61. The molecule has 1 nitrogen and oxygen atoms in total. The zero-order valence-electron chi connectivity index (χ0n) is 11.9. The summed E-state index contributed by atoms with van der Waals surface area (Å²) in [6.45, 7) is 10.8. The third-order valence-corrected chi connectivity index (χ3v) is 3.48. The quantitative estimate of drug-likeness (QED) is 0.730. The van der Waals surface area contributed by atoms with Gasteiger partial charge in [0.1, 0.15) is 0 Å². The highest BCUT2D eigenvalue weighted by Crippen LogP contribution is 2.34. The minimum atomic E-state index is 0.844. The van der Waals surface area contributed by atoms with Gasteiger partial charge in [-0.15, -0.1) is 0 Å². The molecule has 0 radical (unpaired) electrons. The van der Waals surface area contributed by atoms with Gasteiger partial charge in [0.15, 0.2) is 0 Å². The molecule has 2 aromatic carbocycles. The third-order valence-electron chi connectivity index (χ3n) is 3.48. The molecule has 0 saturated heterocycles. The van der Waals surface area contributed by atoms with E-state index in [9.17, 15) is 0 Å². The Bertz CT molecular complexity index is 507. The molecule has 0 bridgehead atoms. The fourth-order valence-corrected chi connectivity index (χ4v) is 2.97. The standard InChI is InChI=1S/C17H21N/c1-10-6-11(2)16(12(3)7-10)17-13(4)8-15(18)9-14(17)5/h6-9H,18H2,1-5H3. The van der Waals surface area contributed by atoms with Crippen LogP contribution in [-0.2, 0) is 0 Å². The lowest BCUT2D eigenvalue weighted by Crippen LogP contribution is -1.97. The topological polar surface area (TPSA) is 26.0 Å². The zero-order chi connectivity index (χ0) is 13.4. The van der Waals surface area contributed by atoms with Gasteiger partial charge >= 0.3 is 0 Å². The molecule has 0 aliphatic heterocycles. The molecular formula is C17H21N. The predicted octanol–water partition coefficient (Wildman–Crippen LogP) is 4.48. The van der Waals surface area contributed by atoms with Gasteiger partial charge in [-0.25, -0.2) is 0 Å². The van der Waals surface area contributed by atoms with Crippen molar-refractivity contribution in [3.05, 3.63) is 52.1 Å². The normalized spacial score (nSPS) is 10.7. The first kappa shape index (κ1) is 12.7. The van der Waals surface area contributed by atoms with E-state index in [2.05, 4.69) is 58.9 Å². The molecule has 2 rings (SSSR count). The monoisotopic (exact) mass is 239 g/mol. The van der Waals surface area contributed by atoms with Gasteiger partial charge in [-0.3, -0.25) is 0 Å². The van der Waals surface area contributed by atoms with Crippen LogP contribution in [0, 0.1) is 34.6 Å². The summed E-state index contributed by atoms with van der Waals surface area (Å²) in [6.07, 6.45) is 0. The average Bonchev–Trinajstić information content (AvgIpc) is 2.20. The van der Waals surface area contributed by atoms with Gasteiger partial charge in [0, 0.05) is 5.69 Å². The van der Waals surface area contributed by atoms with Crippen LogP contribution in [0.15, 0.2) is 24.3 Å². The van der Waals surface area contributed by atoms with E-state index in [1.54, 1.807) is 0 Å². The van der Waals surface area contributed by atoms with Gasteiger partial charge in [-0.2, -0.15) is 0 Å². The number of anilines is 1. The van der Waals surface area contributed by atoms with Crippen molar-refractivity contribution < 1.29 is 0 Å². The van der Waals surface area contributed by atoms with Crippen molar-refractivity contribution in [3.63, 3.8) is 0 Å². The van der Waals surface area contributed by atoms with Crippen molar-refractivity contribution in [2.75, 3.05) is 5.73 Å². The highest BCUT2D eigenvalue weighted by molar-refractivity contribution is 5.78. The fraction of sp³-hybridized carbons (Fsp3) is 0.294. The van der Waals surface area contributed by atoms with E-state index in [0.29, 0.717) is 0 Å². The first-order valence-electron chi connectivity index (χ1n) is 6.35. The lowest BCUT2D eigenvalue weighted by Gasteiger charge is -2.17. The van der Waals surface area contributed by atoms with Crippen LogP contribution in [0.5, 0.6) is 0 Å². The first-order chi connectivity index (χ1) is 8.40. The van der Waals surface area contributed by atoms with E-state index < -0.39 is 0 Å². The lowest BCUT2D eigenvalue weighted by atomic mass is 9.88. The van der Waals surface area contributed by atoms with Gasteiger partial charge in [0.05, 0.1) is 0 Å². The van der Waals surface area contributed by atoms with Crippen LogP contribution in [-0.4, -0.2) is 0 Å². The van der Waals surface area contributed by atoms with Crippen molar-refractivity contribution in [1.82, 2.24) is 0 Å². The molecule has 0 spiro atoms. The van der Waals surface area contributed by atoms with Gasteiger partial charge in [0.2, 0.25) is 0 Å². The largest absolute Gasteiger partial charge is 0.399 e. The minimum absolute atomic E-state index is 0.844. The van der Waals surface area contributed by atoms with Gasteiger partial charge in [0.25, 0.3) is 0 Å². The van der Waals surface area contributed by atoms with E-state index in [-0.39, 0.29) is 0 Å². The third kappa shape index (κ3) is 2.13. The van der Waals surface area contributed by atoms with Crippen LogP contribution < -0.4 is 5.73 Å². The highest BCUT2D eigenvalue weighted by atomic mass is 14.5. The molecule has 0 unspecified atom stereocenters. The molecular weight excluding hydrogens is 218 g/mol. The van der Waals surface area contributed by atoms with Crippen LogP contribution >= 0.6 is 0 Å². The Morgan fingerprint density at radius 2 is 0.944 bits per heavy atom. The summed E-state index contributed by atoms with van der Waals surface area (Å²) >= 11 is 0. The van der Waals surface area contributed by atoms with Crippen LogP contribution in [0.3, 0.4) is 0 Å². The molecule has 0 fully saturated rings. The predicted molar refractivity (Wildman–Crippen MR) is 80.0 cm³/mol. The number of hydrogen-bond acceptors (Lipinski definition) is 1. The van der Waals surface area contributed by atoms with E-state index in [1.165, 1.54) is 38.9 Å². The van der Waals surface area contributed by atoms with Gasteiger partial charge in [-0.05, 0) is 80.1 Å². The van der Waals surface area contributed by atoms with Crippen LogP contribution in [0.1, 0.15) is 27.8 Å². The van der Waals surface area contributed by atoms with Crippen molar-refractivity contribution in [1.29, 1.82) is 0 Å². The number of hydrogen-bond donors (Lipinski definition) is 1. The Balaban J connectivity index is 2.78. The maximum Gasteiger partial charge on any atom is 0.0319 e. The smallest absolute Gasteiger partial charge is 0.0319 e. The van der Waals surface area contributed by atoms with Crippen molar-refractivity contribution in [2.45, 2.75) is 34.6 Å². The maximum atomic E-state index is 5.91. The number of rotatable bonds is 1. The molecule has 0 amide bonds. The van der Waals surface area contributed by atoms with Gasteiger partial charge in [-0.1, -0.05) is 17.7 Å². The summed E-state index contributed by atoms with van der Waals surface area (Å²) in [7, 11) is 0. The number of aryl methyl sites for hydroxylation is 5. The first-order valence-corrected chi connectivity index (χ1v) is 6.35. The van der Waals surface area contributed by atoms with E-state index in [0.717, 1.165) is 5.69 Å². The molecule has 0 heterocycles. The number of nitrogens with two attached hydrogens (primary N) is 1. The summed E-state index contributed by atoms with van der Waals surface area (Å²) < 4.78 is 0. The minimum Gasteiger partial charge on any atom is -0.399 e. The molecule has 18 heavy (non-hydrogen) atoms. The number of nitrogen functional groups attached to an aromatic ring is 1. The highest BCUT2D eigenvalue weighted by Gasteiger charge is 2.12. The van der Waals surface area contributed by atoms with Crippen LogP contribution in [0.2, 0.25) is 0 Å². The van der Waals surface area contributed by atoms with Crippen molar-refractivity contribution in [3.8, 4) is 11.1 Å². The maximum absolute atomic E-state index is 5.91. The Morgan fingerprint density at radius 1 is 0.611 bits per heavy atom. The van der Waals surface area contributed by atoms with Crippen LogP contribution in [0.25, 0.3) is 11.1 Å².